The average Bonchev–Trinajstić information content (AvgIpc) is 2.01. The minimum absolute atomic E-state index is 0.146. The van der Waals surface area contributed by atoms with E-state index >= 15 is 0 Å². The van der Waals surface area contributed by atoms with Crippen molar-refractivity contribution in [3.63, 3.8) is 0 Å². The van der Waals surface area contributed by atoms with Crippen molar-refractivity contribution in [2.45, 2.75) is 38.4 Å². The van der Waals surface area contributed by atoms with Crippen LogP contribution in [0.1, 0.15) is 34.1 Å². The monoisotopic (exact) mass is 249 g/mol. The lowest BCUT2D eigenvalue weighted by Gasteiger charge is -2.26. The largest absolute Gasteiger partial charge is 0.344 e. The second-order valence-electron chi connectivity index (χ2n) is 4.17. The van der Waals surface area contributed by atoms with Gasteiger partial charge in [0.2, 0.25) is 5.91 Å². The van der Waals surface area contributed by atoms with Crippen molar-refractivity contribution in [3.8, 4) is 0 Å². The average molecular weight is 250 g/mol. The quantitative estimate of drug-likeness (QED) is 0.702. The third-order valence-corrected chi connectivity index (χ3v) is 2.48. The van der Waals surface area contributed by atoms with Gasteiger partial charge in [0.1, 0.15) is 0 Å². The van der Waals surface area contributed by atoms with Crippen LogP contribution in [-0.4, -0.2) is 28.7 Å². The fourth-order valence-electron chi connectivity index (χ4n) is 1.13. The van der Waals surface area contributed by atoms with Gasteiger partial charge in [0, 0.05) is 13.6 Å². The predicted octanol–water partition coefficient (Wildman–Crippen LogP) is 2.66. The number of nitrogens with zero attached hydrogens (tertiary/aromatic N) is 1. The number of halogens is 1. The number of carbonyl (C=O) groups is 1. The zero-order valence-corrected chi connectivity index (χ0v) is 10.8. The summed E-state index contributed by atoms with van der Waals surface area (Å²) >= 11 is 3.37. The molecule has 0 radical (unpaired) electrons. The molecule has 0 aliphatic heterocycles. The van der Waals surface area contributed by atoms with Crippen LogP contribution in [0, 0.1) is 5.92 Å². The van der Waals surface area contributed by atoms with Gasteiger partial charge in [-0.15, -0.1) is 0 Å². The first-order valence-electron chi connectivity index (χ1n) is 4.73. The fourth-order valence-corrected chi connectivity index (χ4v) is 1.44. The summed E-state index contributed by atoms with van der Waals surface area (Å²) in [5.74, 6) is 0.719. The zero-order chi connectivity index (χ0) is 10.6. The van der Waals surface area contributed by atoms with Gasteiger partial charge < -0.3 is 4.90 Å². The standard InChI is InChI=1S/C10H20BrNO/c1-6-8(2)7-12(5)9(13)10(3,4)11/h8H,6-7H2,1-5H3. The SMILES string of the molecule is CCC(C)CN(C)C(=O)C(C)(C)Br. The molecule has 0 saturated heterocycles. The Kier molecular flexibility index (Phi) is 4.97. The summed E-state index contributed by atoms with van der Waals surface area (Å²) in [6, 6.07) is 0. The first-order chi connectivity index (χ1) is 5.79. The molecule has 0 bridgehead atoms. The lowest BCUT2D eigenvalue weighted by Crippen LogP contribution is -2.41. The molecule has 78 valence electrons. The predicted molar refractivity (Wildman–Crippen MR) is 60.1 cm³/mol. The molecule has 3 heteroatoms. The Morgan fingerprint density at radius 2 is 2.00 bits per heavy atom. The van der Waals surface area contributed by atoms with Crippen LogP contribution >= 0.6 is 15.9 Å². The highest BCUT2D eigenvalue weighted by Crippen LogP contribution is 2.19. The van der Waals surface area contributed by atoms with Crippen LogP contribution in [-0.2, 0) is 4.79 Å². The van der Waals surface area contributed by atoms with Crippen molar-refractivity contribution in [3.05, 3.63) is 0 Å². The molecule has 0 aromatic carbocycles. The summed E-state index contributed by atoms with van der Waals surface area (Å²) in [6.45, 7) is 8.89. The Morgan fingerprint density at radius 1 is 1.54 bits per heavy atom. The highest BCUT2D eigenvalue weighted by atomic mass is 79.9. The minimum atomic E-state index is -0.435. The van der Waals surface area contributed by atoms with Crippen LogP contribution in [0.4, 0.5) is 0 Å². The van der Waals surface area contributed by atoms with Gasteiger partial charge in [-0.1, -0.05) is 36.2 Å². The summed E-state index contributed by atoms with van der Waals surface area (Å²) in [5.41, 5.74) is 0. The molecule has 13 heavy (non-hydrogen) atoms. The fraction of sp³-hybridized carbons (Fsp3) is 0.900. The first kappa shape index (κ1) is 12.9. The molecule has 0 aliphatic rings. The number of amides is 1. The van der Waals surface area contributed by atoms with Crippen LogP contribution in [0.3, 0.4) is 0 Å². The van der Waals surface area contributed by atoms with E-state index in [1.807, 2.05) is 20.9 Å². The molecule has 0 heterocycles. The molecule has 0 aromatic heterocycles. The van der Waals surface area contributed by atoms with Crippen molar-refractivity contribution >= 4 is 21.8 Å². The number of hydrogen-bond donors (Lipinski definition) is 0. The van der Waals surface area contributed by atoms with Crippen LogP contribution in [0.25, 0.3) is 0 Å². The molecule has 0 spiro atoms. The molecule has 2 nitrogen and oxygen atoms in total. The maximum Gasteiger partial charge on any atom is 0.238 e. The molecule has 0 rings (SSSR count). The Bertz CT molecular complexity index is 174. The topological polar surface area (TPSA) is 20.3 Å². The van der Waals surface area contributed by atoms with Gasteiger partial charge in [-0.2, -0.15) is 0 Å². The van der Waals surface area contributed by atoms with E-state index in [1.54, 1.807) is 4.90 Å². The molecule has 0 fully saturated rings. The molecule has 0 aromatic rings. The third kappa shape index (κ3) is 4.65. The van der Waals surface area contributed by atoms with Gasteiger partial charge in [-0.25, -0.2) is 0 Å². The Balaban J connectivity index is 4.12. The van der Waals surface area contributed by atoms with Gasteiger partial charge in [-0.3, -0.25) is 4.79 Å². The van der Waals surface area contributed by atoms with Gasteiger partial charge in [0.05, 0.1) is 4.32 Å². The van der Waals surface area contributed by atoms with Crippen molar-refractivity contribution in [1.29, 1.82) is 0 Å². The molecular weight excluding hydrogens is 230 g/mol. The van der Waals surface area contributed by atoms with Crippen molar-refractivity contribution in [2.75, 3.05) is 13.6 Å². The van der Waals surface area contributed by atoms with Crippen LogP contribution in [0.15, 0.2) is 0 Å². The normalized spacial score (nSPS) is 14.0. The molecule has 0 N–H and O–H groups in total. The van der Waals surface area contributed by atoms with Crippen molar-refractivity contribution in [1.82, 2.24) is 4.90 Å². The maximum absolute atomic E-state index is 11.7. The Labute approximate surface area is 89.8 Å². The highest BCUT2D eigenvalue weighted by molar-refractivity contribution is 9.10. The third-order valence-electron chi connectivity index (χ3n) is 2.14. The lowest BCUT2D eigenvalue weighted by atomic mass is 10.1. The highest BCUT2D eigenvalue weighted by Gasteiger charge is 2.27. The van der Waals surface area contributed by atoms with E-state index in [1.165, 1.54) is 0 Å². The summed E-state index contributed by atoms with van der Waals surface area (Å²) < 4.78 is -0.435. The van der Waals surface area contributed by atoms with E-state index in [2.05, 4.69) is 29.8 Å². The van der Waals surface area contributed by atoms with Crippen LogP contribution in [0.5, 0.6) is 0 Å². The van der Waals surface area contributed by atoms with E-state index < -0.39 is 4.32 Å². The molecule has 0 saturated carbocycles. The summed E-state index contributed by atoms with van der Waals surface area (Å²) in [4.78, 5) is 13.5. The van der Waals surface area contributed by atoms with Gasteiger partial charge in [0.15, 0.2) is 0 Å². The number of rotatable bonds is 4. The van der Waals surface area contributed by atoms with Gasteiger partial charge in [-0.05, 0) is 19.8 Å². The Morgan fingerprint density at radius 3 is 2.31 bits per heavy atom. The summed E-state index contributed by atoms with van der Waals surface area (Å²) in [5, 5.41) is 0. The van der Waals surface area contributed by atoms with E-state index in [9.17, 15) is 4.79 Å². The van der Waals surface area contributed by atoms with Crippen LogP contribution < -0.4 is 0 Å². The smallest absolute Gasteiger partial charge is 0.238 e. The van der Waals surface area contributed by atoms with Crippen LogP contribution in [0.2, 0.25) is 0 Å². The first-order valence-corrected chi connectivity index (χ1v) is 5.52. The number of carbonyl (C=O) groups excluding carboxylic acids is 1. The van der Waals surface area contributed by atoms with Gasteiger partial charge >= 0.3 is 0 Å². The second kappa shape index (κ2) is 4.99. The van der Waals surface area contributed by atoms with E-state index in [4.69, 9.17) is 0 Å². The molecular formula is C10H20BrNO. The van der Waals surface area contributed by atoms with Crippen molar-refractivity contribution < 1.29 is 4.79 Å². The molecule has 1 amide bonds. The van der Waals surface area contributed by atoms with Crippen molar-refractivity contribution in [2.24, 2.45) is 5.92 Å². The zero-order valence-electron chi connectivity index (χ0n) is 9.22. The minimum Gasteiger partial charge on any atom is -0.344 e. The molecule has 0 aliphatic carbocycles. The van der Waals surface area contributed by atoms with E-state index in [0.717, 1.165) is 13.0 Å². The summed E-state index contributed by atoms with van der Waals surface area (Å²) in [6.07, 6.45) is 1.11. The summed E-state index contributed by atoms with van der Waals surface area (Å²) in [7, 11) is 1.86. The number of alkyl halides is 1. The van der Waals surface area contributed by atoms with E-state index in [0.29, 0.717) is 5.92 Å². The maximum atomic E-state index is 11.7. The second-order valence-corrected chi connectivity index (χ2v) is 6.15. The number of hydrogen-bond acceptors (Lipinski definition) is 1. The lowest BCUT2D eigenvalue weighted by molar-refractivity contribution is -0.131. The molecule has 1 atom stereocenters. The van der Waals surface area contributed by atoms with Gasteiger partial charge in [0.25, 0.3) is 0 Å². The molecule has 1 unspecified atom stereocenters. The Hall–Kier alpha value is -0.0500. The van der Waals surface area contributed by atoms with E-state index in [-0.39, 0.29) is 5.91 Å².